The Balaban J connectivity index is 1.96. The van der Waals surface area contributed by atoms with E-state index in [1.807, 2.05) is 0 Å². The Morgan fingerprint density at radius 2 is 1.91 bits per heavy atom. The van der Waals surface area contributed by atoms with Crippen LogP contribution in [0.3, 0.4) is 0 Å². The number of rotatable bonds is 5. The number of hydrogen-bond donors (Lipinski definition) is 2. The number of carbonyl (C=O) groups is 1. The third-order valence-electron chi connectivity index (χ3n) is 3.96. The maximum absolute atomic E-state index is 11.4. The summed E-state index contributed by atoms with van der Waals surface area (Å²) < 4.78 is 5.35. The van der Waals surface area contributed by atoms with Gasteiger partial charge in [0, 0.05) is 0 Å². The largest absolute Gasteiger partial charge is 0.495 e. The molecule has 0 atom stereocenters. The van der Waals surface area contributed by atoms with E-state index in [4.69, 9.17) is 4.74 Å². The number of H-pyrrole nitrogens is 1. The average Bonchev–Trinajstić information content (AvgIpc) is 2.96. The van der Waals surface area contributed by atoms with Crippen LogP contribution in [0.5, 0.6) is 5.75 Å². The molecule has 3 aromatic rings. The van der Waals surface area contributed by atoms with Gasteiger partial charge < -0.3 is 9.84 Å². The van der Waals surface area contributed by atoms with Crippen LogP contribution in [0.4, 0.5) is 0 Å². The number of carboxylic acid groups (broad SMARTS) is 1. The molecule has 23 heavy (non-hydrogen) atoms. The van der Waals surface area contributed by atoms with Gasteiger partial charge in [0.05, 0.1) is 23.7 Å². The van der Waals surface area contributed by atoms with E-state index in [1.165, 1.54) is 24.3 Å². The van der Waals surface area contributed by atoms with Crippen LogP contribution in [0.15, 0.2) is 36.4 Å². The maximum atomic E-state index is 11.4. The number of aryl methyl sites for hydroxylation is 3. The van der Waals surface area contributed by atoms with Crippen molar-refractivity contribution < 1.29 is 14.6 Å². The minimum atomic E-state index is -1.01. The highest BCUT2D eigenvalue weighted by atomic mass is 16.5. The van der Waals surface area contributed by atoms with Gasteiger partial charge in [-0.2, -0.15) is 5.10 Å². The molecule has 0 spiro atoms. The minimum absolute atomic E-state index is 0.151. The van der Waals surface area contributed by atoms with Crippen LogP contribution in [0.1, 0.15) is 27.2 Å². The standard InChI is InChI=1S/C18H18N2O3/c1-11-3-5-12(6-4-11)7-9-14-16-15(20-19-14)10-8-13(18(21)22)17(16)23-2/h3-6,8,10H,7,9H2,1-2H3,(H,19,20)(H,21,22). The maximum Gasteiger partial charge on any atom is 0.339 e. The van der Waals surface area contributed by atoms with Gasteiger partial charge in [-0.25, -0.2) is 4.79 Å². The van der Waals surface area contributed by atoms with Crippen molar-refractivity contribution in [2.75, 3.05) is 7.11 Å². The van der Waals surface area contributed by atoms with Crippen LogP contribution in [0.25, 0.3) is 10.9 Å². The first-order chi connectivity index (χ1) is 11.1. The van der Waals surface area contributed by atoms with E-state index in [0.29, 0.717) is 12.2 Å². The van der Waals surface area contributed by atoms with Gasteiger partial charge in [-0.1, -0.05) is 29.8 Å². The quantitative estimate of drug-likeness (QED) is 0.757. The molecule has 5 heteroatoms. The van der Waals surface area contributed by atoms with E-state index >= 15 is 0 Å². The van der Waals surface area contributed by atoms with Crippen molar-refractivity contribution in [2.24, 2.45) is 0 Å². The molecule has 0 aliphatic carbocycles. The summed E-state index contributed by atoms with van der Waals surface area (Å²) in [5.41, 5.74) is 4.20. The second kappa shape index (κ2) is 6.12. The SMILES string of the molecule is COc1c(C(=O)O)ccc2[nH]nc(CCc3ccc(C)cc3)c12. The van der Waals surface area contributed by atoms with Crippen molar-refractivity contribution in [1.82, 2.24) is 10.2 Å². The minimum Gasteiger partial charge on any atom is -0.495 e. The molecule has 0 bridgehead atoms. The monoisotopic (exact) mass is 310 g/mol. The summed E-state index contributed by atoms with van der Waals surface area (Å²) in [6.07, 6.45) is 1.54. The second-order valence-electron chi connectivity index (χ2n) is 5.53. The molecule has 2 N–H and O–H groups in total. The van der Waals surface area contributed by atoms with Crippen molar-refractivity contribution >= 4 is 16.9 Å². The van der Waals surface area contributed by atoms with E-state index in [0.717, 1.165) is 23.0 Å². The van der Waals surface area contributed by atoms with Crippen molar-refractivity contribution in [3.8, 4) is 5.75 Å². The van der Waals surface area contributed by atoms with Crippen LogP contribution in [-0.2, 0) is 12.8 Å². The fourth-order valence-electron chi connectivity index (χ4n) is 2.72. The smallest absolute Gasteiger partial charge is 0.339 e. The van der Waals surface area contributed by atoms with Gasteiger partial charge in [-0.15, -0.1) is 0 Å². The summed E-state index contributed by atoms with van der Waals surface area (Å²) >= 11 is 0. The van der Waals surface area contributed by atoms with Gasteiger partial charge in [-0.3, -0.25) is 5.10 Å². The third kappa shape index (κ3) is 2.90. The summed E-state index contributed by atoms with van der Waals surface area (Å²) in [5, 5.41) is 17.3. The van der Waals surface area contributed by atoms with E-state index in [-0.39, 0.29) is 5.56 Å². The molecule has 0 radical (unpaired) electrons. The van der Waals surface area contributed by atoms with Crippen molar-refractivity contribution in [3.05, 3.63) is 58.8 Å². The predicted octanol–water partition coefficient (Wildman–Crippen LogP) is 3.36. The number of aromatic amines is 1. The summed E-state index contributed by atoms with van der Waals surface area (Å²) in [7, 11) is 1.48. The molecule has 1 aromatic heterocycles. The Hall–Kier alpha value is -2.82. The lowest BCUT2D eigenvalue weighted by atomic mass is 10.0. The highest BCUT2D eigenvalue weighted by Gasteiger charge is 2.18. The number of carboxylic acids is 1. The lowest BCUT2D eigenvalue weighted by Gasteiger charge is -2.07. The molecule has 1 heterocycles. The van der Waals surface area contributed by atoms with E-state index in [9.17, 15) is 9.90 Å². The number of nitrogens with one attached hydrogen (secondary N) is 1. The number of nitrogens with zero attached hydrogens (tertiary/aromatic N) is 1. The number of hydrogen-bond acceptors (Lipinski definition) is 3. The molecule has 0 saturated heterocycles. The van der Waals surface area contributed by atoms with E-state index in [2.05, 4.69) is 41.4 Å². The normalized spacial score (nSPS) is 10.9. The number of methoxy groups -OCH3 is 1. The number of aromatic carboxylic acids is 1. The average molecular weight is 310 g/mol. The van der Waals surface area contributed by atoms with Gasteiger partial charge in [0.15, 0.2) is 0 Å². The zero-order valence-corrected chi connectivity index (χ0v) is 13.1. The van der Waals surface area contributed by atoms with Gasteiger partial charge in [0.25, 0.3) is 0 Å². The molecule has 0 fully saturated rings. The molecule has 0 aliphatic heterocycles. The molecule has 2 aromatic carbocycles. The lowest BCUT2D eigenvalue weighted by Crippen LogP contribution is -2.01. The third-order valence-corrected chi connectivity index (χ3v) is 3.96. The van der Waals surface area contributed by atoms with Gasteiger partial charge in [-0.05, 0) is 37.5 Å². The van der Waals surface area contributed by atoms with E-state index in [1.54, 1.807) is 6.07 Å². The second-order valence-corrected chi connectivity index (χ2v) is 5.53. The number of ether oxygens (including phenoxy) is 1. The first kappa shape index (κ1) is 15.1. The molecule has 0 amide bonds. The van der Waals surface area contributed by atoms with E-state index < -0.39 is 5.97 Å². The number of fused-ring (bicyclic) bond motifs is 1. The van der Waals surface area contributed by atoms with Crippen LogP contribution >= 0.6 is 0 Å². The van der Waals surface area contributed by atoms with Gasteiger partial charge >= 0.3 is 5.97 Å². The molecule has 3 rings (SSSR count). The Labute approximate surface area is 133 Å². The number of aromatic nitrogens is 2. The lowest BCUT2D eigenvalue weighted by molar-refractivity contribution is 0.0693. The van der Waals surface area contributed by atoms with Crippen LogP contribution in [0.2, 0.25) is 0 Å². The summed E-state index contributed by atoms with van der Waals surface area (Å²) in [5.74, 6) is -0.642. The Bertz CT molecular complexity index is 851. The summed E-state index contributed by atoms with van der Waals surface area (Å²) in [6.45, 7) is 2.06. The first-order valence-electron chi connectivity index (χ1n) is 7.43. The van der Waals surface area contributed by atoms with Crippen molar-refractivity contribution in [1.29, 1.82) is 0 Å². The molecule has 0 saturated carbocycles. The highest BCUT2D eigenvalue weighted by molar-refractivity contribution is 6.00. The van der Waals surface area contributed by atoms with Crippen LogP contribution in [0, 0.1) is 6.92 Å². The molecular formula is C18H18N2O3. The Morgan fingerprint density at radius 3 is 2.57 bits per heavy atom. The molecule has 5 nitrogen and oxygen atoms in total. The zero-order valence-electron chi connectivity index (χ0n) is 13.1. The topological polar surface area (TPSA) is 75.2 Å². The van der Waals surface area contributed by atoms with Crippen LogP contribution < -0.4 is 4.74 Å². The highest BCUT2D eigenvalue weighted by Crippen LogP contribution is 2.32. The molecule has 0 unspecified atom stereocenters. The Kier molecular flexibility index (Phi) is 4.02. The molecule has 118 valence electrons. The fraction of sp³-hybridized carbons (Fsp3) is 0.222. The molecular weight excluding hydrogens is 292 g/mol. The summed E-state index contributed by atoms with van der Waals surface area (Å²) in [4.78, 5) is 11.4. The first-order valence-corrected chi connectivity index (χ1v) is 7.43. The molecule has 0 aliphatic rings. The zero-order chi connectivity index (χ0) is 16.4. The summed E-state index contributed by atoms with van der Waals surface area (Å²) in [6, 6.07) is 11.6. The van der Waals surface area contributed by atoms with Gasteiger partial charge in [0.2, 0.25) is 0 Å². The van der Waals surface area contributed by atoms with Crippen molar-refractivity contribution in [2.45, 2.75) is 19.8 Å². The van der Waals surface area contributed by atoms with Crippen LogP contribution in [-0.4, -0.2) is 28.4 Å². The Morgan fingerprint density at radius 1 is 1.17 bits per heavy atom. The number of benzene rings is 2. The van der Waals surface area contributed by atoms with Crippen molar-refractivity contribution in [3.63, 3.8) is 0 Å². The fourth-order valence-corrected chi connectivity index (χ4v) is 2.72. The predicted molar refractivity (Wildman–Crippen MR) is 88.2 cm³/mol. The van der Waals surface area contributed by atoms with Gasteiger partial charge in [0.1, 0.15) is 11.3 Å².